The fraction of sp³-hybridized carbons (Fsp3) is 0.765. The Morgan fingerprint density at radius 1 is 0.630 bits per heavy atom. The topological polar surface area (TPSA) is 135 Å². The lowest BCUT2D eigenvalue weighted by Gasteiger charge is -2.19. The molecular formula is C17H32N4O6. The van der Waals surface area contributed by atoms with Crippen LogP contribution in [0.2, 0.25) is 0 Å². The molecule has 0 aromatic heterocycles. The number of alkyl carbamates (subject to hydrolysis) is 2. The minimum atomic E-state index is -0.677. The lowest BCUT2D eigenvalue weighted by atomic mass is 10.2. The van der Waals surface area contributed by atoms with Crippen molar-refractivity contribution in [2.45, 2.75) is 59.2 Å². The van der Waals surface area contributed by atoms with Gasteiger partial charge in [-0.3, -0.25) is 9.59 Å². The smallest absolute Gasteiger partial charge is 0.408 e. The Hall–Kier alpha value is -2.52. The molecule has 0 aliphatic heterocycles. The fourth-order valence-electron chi connectivity index (χ4n) is 1.61. The molecule has 10 nitrogen and oxygen atoms in total. The van der Waals surface area contributed by atoms with Gasteiger partial charge in [-0.15, -0.1) is 0 Å². The lowest BCUT2D eigenvalue weighted by molar-refractivity contribution is -0.122. The maximum Gasteiger partial charge on any atom is 0.408 e. The van der Waals surface area contributed by atoms with Crippen LogP contribution in [0.15, 0.2) is 0 Å². The number of carbonyl (C=O) groups is 4. The van der Waals surface area contributed by atoms with Crippen LogP contribution in [-0.4, -0.2) is 61.4 Å². The van der Waals surface area contributed by atoms with Crippen LogP contribution in [0.25, 0.3) is 0 Å². The summed E-state index contributed by atoms with van der Waals surface area (Å²) in [7, 11) is 0. The highest BCUT2D eigenvalue weighted by atomic mass is 16.6. The van der Waals surface area contributed by atoms with Crippen LogP contribution < -0.4 is 21.3 Å². The summed E-state index contributed by atoms with van der Waals surface area (Å²) in [4.78, 5) is 46.0. The fourth-order valence-corrected chi connectivity index (χ4v) is 1.61. The summed E-state index contributed by atoms with van der Waals surface area (Å²) >= 11 is 0. The molecule has 0 aromatic rings. The van der Waals surface area contributed by atoms with E-state index in [2.05, 4.69) is 21.3 Å². The molecular weight excluding hydrogens is 356 g/mol. The van der Waals surface area contributed by atoms with Crippen molar-refractivity contribution in [1.82, 2.24) is 21.3 Å². The zero-order valence-corrected chi connectivity index (χ0v) is 17.0. The Kier molecular flexibility index (Phi) is 10.2. The minimum Gasteiger partial charge on any atom is -0.444 e. The van der Waals surface area contributed by atoms with E-state index in [-0.39, 0.29) is 38.5 Å². The number of carbonyl (C=O) groups excluding carboxylic acids is 4. The zero-order valence-electron chi connectivity index (χ0n) is 17.0. The molecule has 10 heteroatoms. The van der Waals surface area contributed by atoms with E-state index in [1.807, 2.05) is 0 Å². The van der Waals surface area contributed by atoms with E-state index in [9.17, 15) is 19.2 Å². The van der Waals surface area contributed by atoms with Gasteiger partial charge in [0, 0.05) is 26.1 Å². The van der Waals surface area contributed by atoms with Crippen molar-refractivity contribution in [3.63, 3.8) is 0 Å². The molecule has 0 unspecified atom stereocenters. The Bertz CT molecular complexity index is 522. The molecule has 27 heavy (non-hydrogen) atoms. The van der Waals surface area contributed by atoms with Crippen molar-refractivity contribution in [2.24, 2.45) is 0 Å². The molecule has 0 heterocycles. The van der Waals surface area contributed by atoms with Crippen molar-refractivity contribution in [1.29, 1.82) is 0 Å². The van der Waals surface area contributed by atoms with Gasteiger partial charge in [0.05, 0.1) is 6.54 Å². The molecule has 4 amide bonds. The van der Waals surface area contributed by atoms with Crippen molar-refractivity contribution >= 4 is 24.0 Å². The SMILES string of the molecule is CC(C)(C)OC(=O)NCCC(=O)NCCNC(=O)CNC(=O)OC(C)(C)C. The first-order valence-corrected chi connectivity index (χ1v) is 8.75. The van der Waals surface area contributed by atoms with E-state index in [1.165, 1.54) is 0 Å². The quantitative estimate of drug-likeness (QED) is 0.451. The van der Waals surface area contributed by atoms with Crippen molar-refractivity contribution in [2.75, 3.05) is 26.2 Å². The van der Waals surface area contributed by atoms with Gasteiger partial charge in [0.25, 0.3) is 0 Å². The molecule has 0 fully saturated rings. The Labute approximate surface area is 160 Å². The van der Waals surface area contributed by atoms with Crippen LogP contribution in [-0.2, 0) is 19.1 Å². The first kappa shape index (κ1) is 24.5. The Morgan fingerprint density at radius 3 is 1.56 bits per heavy atom. The second-order valence-electron chi connectivity index (χ2n) is 7.73. The van der Waals surface area contributed by atoms with E-state index in [4.69, 9.17) is 9.47 Å². The summed E-state index contributed by atoms with van der Waals surface area (Å²) in [5, 5.41) is 9.95. The average molecular weight is 388 g/mol. The van der Waals surface area contributed by atoms with Gasteiger partial charge in [0.2, 0.25) is 11.8 Å². The van der Waals surface area contributed by atoms with Gasteiger partial charge in [0.1, 0.15) is 11.2 Å². The highest BCUT2D eigenvalue weighted by Gasteiger charge is 2.17. The van der Waals surface area contributed by atoms with Crippen LogP contribution in [0.3, 0.4) is 0 Å². The van der Waals surface area contributed by atoms with Crippen LogP contribution in [0.5, 0.6) is 0 Å². The molecule has 0 bridgehead atoms. The molecule has 0 rings (SSSR count). The maximum absolute atomic E-state index is 11.6. The second-order valence-corrected chi connectivity index (χ2v) is 7.73. The van der Waals surface area contributed by atoms with E-state index >= 15 is 0 Å². The number of hydrogen-bond donors (Lipinski definition) is 4. The first-order valence-electron chi connectivity index (χ1n) is 8.75. The zero-order chi connectivity index (χ0) is 21.1. The van der Waals surface area contributed by atoms with Gasteiger partial charge in [-0.05, 0) is 41.5 Å². The van der Waals surface area contributed by atoms with Crippen molar-refractivity contribution < 1.29 is 28.7 Å². The minimum absolute atomic E-state index is 0.0907. The van der Waals surface area contributed by atoms with Gasteiger partial charge >= 0.3 is 12.2 Å². The molecule has 0 spiro atoms. The maximum atomic E-state index is 11.6. The largest absolute Gasteiger partial charge is 0.444 e. The highest BCUT2D eigenvalue weighted by Crippen LogP contribution is 2.06. The van der Waals surface area contributed by atoms with Gasteiger partial charge in [-0.1, -0.05) is 0 Å². The molecule has 156 valence electrons. The normalized spacial score (nSPS) is 11.2. The van der Waals surface area contributed by atoms with Gasteiger partial charge in [0.15, 0.2) is 0 Å². The van der Waals surface area contributed by atoms with E-state index in [1.54, 1.807) is 41.5 Å². The number of ether oxygens (including phenoxy) is 2. The summed E-state index contributed by atoms with van der Waals surface area (Å²) in [6, 6.07) is 0. The number of hydrogen-bond acceptors (Lipinski definition) is 6. The molecule has 0 aromatic carbocycles. The predicted octanol–water partition coefficient (Wildman–Crippen LogP) is 0.658. The third-order valence-electron chi connectivity index (χ3n) is 2.58. The van der Waals surface area contributed by atoms with E-state index in [0.717, 1.165) is 0 Å². The summed E-state index contributed by atoms with van der Waals surface area (Å²) in [6.07, 6.45) is -1.17. The average Bonchev–Trinajstić information content (AvgIpc) is 2.46. The molecule has 0 radical (unpaired) electrons. The molecule has 0 aliphatic carbocycles. The Balaban J connectivity index is 3.74. The second kappa shape index (κ2) is 11.2. The predicted molar refractivity (Wildman–Crippen MR) is 99.1 cm³/mol. The summed E-state index contributed by atoms with van der Waals surface area (Å²) in [5.41, 5.74) is -1.23. The van der Waals surface area contributed by atoms with Crippen molar-refractivity contribution in [3.8, 4) is 0 Å². The van der Waals surface area contributed by atoms with Crippen molar-refractivity contribution in [3.05, 3.63) is 0 Å². The van der Waals surface area contributed by atoms with E-state index < -0.39 is 29.3 Å². The lowest BCUT2D eigenvalue weighted by Crippen LogP contribution is -2.42. The molecule has 4 N–H and O–H groups in total. The number of amides is 4. The van der Waals surface area contributed by atoms with Gasteiger partial charge < -0.3 is 30.7 Å². The molecule has 0 aliphatic rings. The van der Waals surface area contributed by atoms with Crippen LogP contribution in [0.4, 0.5) is 9.59 Å². The standard InChI is InChI=1S/C17H32N4O6/c1-16(2,3)26-14(24)20-8-7-12(22)18-9-10-19-13(23)11-21-15(25)27-17(4,5)6/h7-11H2,1-6H3,(H,18,22)(H,19,23)(H,20,24)(H,21,25). The van der Waals surface area contributed by atoms with Crippen LogP contribution in [0, 0.1) is 0 Å². The molecule has 0 saturated carbocycles. The number of rotatable bonds is 8. The molecule has 0 atom stereocenters. The summed E-state index contributed by atoms with van der Waals surface area (Å²) in [6.45, 7) is 10.8. The Morgan fingerprint density at radius 2 is 1.07 bits per heavy atom. The highest BCUT2D eigenvalue weighted by molar-refractivity contribution is 5.82. The third kappa shape index (κ3) is 16.7. The summed E-state index contributed by atoms with van der Waals surface area (Å²) in [5.74, 6) is -0.672. The van der Waals surface area contributed by atoms with Crippen LogP contribution in [0.1, 0.15) is 48.0 Å². The molecule has 0 saturated heterocycles. The van der Waals surface area contributed by atoms with Crippen LogP contribution >= 0.6 is 0 Å². The van der Waals surface area contributed by atoms with E-state index in [0.29, 0.717) is 0 Å². The van der Waals surface area contributed by atoms with Gasteiger partial charge in [-0.2, -0.15) is 0 Å². The first-order chi connectivity index (χ1) is 12.3. The number of nitrogens with one attached hydrogen (secondary N) is 4. The monoisotopic (exact) mass is 388 g/mol. The summed E-state index contributed by atoms with van der Waals surface area (Å²) < 4.78 is 10.0. The van der Waals surface area contributed by atoms with Gasteiger partial charge in [-0.25, -0.2) is 9.59 Å². The third-order valence-corrected chi connectivity index (χ3v) is 2.58.